The fourth-order valence-corrected chi connectivity index (χ4v) is 3.52. The maximum absolute atomic E-state index is 13.3. The van der Waals surface area contributed by atoms with Gasteiger partial charge in [-0.1, -0.05) is 12.8 Å². The minimum absolute atomic E-state index is 0.149. The van der Waals surface area contributed by atoms with Crippen molar-refractivity contribution in [3.63, 3.8) is 0 Å². The van der Waals surface area contributed by atoms with Crippen LogP contribution in [0.5, 0.6) is 5.75 Å². The van der Waals surface area contributed by atoms with Gasteiger partial charge >= 0.3 is 0 Å². The predicted octanol–water partition coefficient (Wildman–Crippen LogP) is 3.28. The molecular weight excluding hydrogens is 231 g/mol. The maximum Gasteiger partial charge on any atom is 0.127 e. The highest BCUT2D eigenvalue weighted by atomic mass is 19.1. The van der Waals surface area contributed by atoms with Crippen LogP contribution < -0.4 is 4.74 Å². The number of aliphatic hydroxyl groups is 1. The second-order valence-corrected chi connectivity index (χ2v) is 5.71. The molecule has 0 radical (unpaired) electrons. The van der Waals surface area contributed by atoms with Gasteiger partial charge in [0.1, 0.15) is 11.6 Å². The summed E-state index contributed by atoms with van der Waals surface area (Å²) in [6.45, 7) is -0.149. The molecule has 0 aromatic heterocycles. The summed E-state index contributed by atoms with van der Waals surface area (Å²) >= 11 is 0. The van der Waals surface area contributed by atoms with Crippen molar-refractivity contribution >= 4 is 0 Å². The Balaban J connectivity index is 1.70. The first-order valence-electron chi connectivity index (χ1n) is 6.80. The average Bonchev–Trinajstić information content (AvgIpc) is 2.68. The van der Waals surface area contributed by atoms with Gasteiger partial charge < -0.3 is 9.84 Å². The normalized spacial score (nSPS) is 30.4. The van der Waals surface area contributed by atoms with Crippen LogP contribution in [0, 0.1) is 17.7 Å². The Labute approximate surface area is 107 Å². The number of fused-ring (bicyclic) bond motifs is 2. The van der Waals surface area contributed by atoms with Crippen molar-refractivity contribution in [1.82, 2.24) is 0 Å². The molecule has 0 amide bonds. The fourth-order valence-electron chi connectivity index (χ4n) is 3.52. The first-order valence-corrected chi connectivity index (χ1v) is 6.80. The van der Waals surface area contributed by atoms with Gasteiger partial charge in [0.2, 0.25) is 0 Å². The van der Waals surface area contributed by atoms with Gasteiger partial charge in [0.05, 0.1) is 12.7 Å². The van der Waals surface area contributed by atoms with Crippen molar-refractivity contribution in [3.05, 3.63) is 29.6 Å². The molecule has 2 saturated carbocycles. The Hall–Kier alpha value is -1.09. The first kappa shape index (κ1) is 12.0. The van der Waals surface area contributed by atoms with E-state index in [1.165, 1.54) is 31.4 Å². The van der Waals surface area contributed by atoms with Crippen LogP contribution in [0.4, 0.5) is 4.39 Å². The molecule has 0 saturated heterocycles. The highest BCUT2D eigenvalue weighted by molar-refractivity contribution is 5.29. The van der Waals surface area contributed by atoms with Gasteiger partial charge in [0, 0.05) is 6.07 Å². The van der Waals surface area contributed by atoms with Crippen LogP contribution in [-0.4, -0.2) is 11.2 Å². The van der Waals surface area contributed by atoms with E-state index in [1.54, 1.807) is 6.07 Å². The summed E-state index contributed by atoms with van der Waals surface area (Å²) in [5.41, 5.74) is 0.573. The SMILES string of the molecule is OCc1cc(F)cc(O[C@@H]2C[C@@H]3CC[C@@H](C3)C2)c1. The van der Waals surface area contributed by atoms with Gasteiger partial charge in [0.15, 0.2) is 0 Å². The quantitative estimate of drug-likeness (QED) is 0.892. The van der Waals surface area contributed by atoms with Gasteiger partial charge in [-0.25, -0.2) is 4.39 Å². The lowest BCUT2D eigenvalue weighted by molar-refractivity contribution is 0.118. The van der Waals surface area contributed by atoms with E-state index in [2.05, 4.69) is 0 Å². The van der Waals surface area contributed by atoms with Crippen LogP contribution in [0.1, 0.15) is 37.7 Å². The highest BCUT2D eigenvalue weighted by Gasteiger charge is 2.35. The van der Waals surface area contributed by atoms with Crippen LogP contribution in [-0.2, 0) is 6.61 Å². The lowest BCUT2D eigenvalue weighted by Crippen LogP contribution is -2.26. The summed E-state index contributed by atoms with van der Waals surface area (Å²) in [5, 5.41) is 9.06. The molecular formula is C15H19FO2. The second-order valence-electron chi connectivity index (χ2n) is 5.71. The molecule has 3 heteroatoms. The van der Waals surface area contributed by atoms with E-state index in [1.807, 2.05) is 0 Å². The minimum atomic E-state index is -0.338. The molecule has 98 valence electrons. The summed E-state index contributed by atoms with van der Waals surface area (Å²) in [5.74, 6) is 1.83. The lowest BCUT2D eigenvalue weighted by Gasteiger charge is -2.28. The molecule has 0 aliphatic heterocycles. The van der Waals surface area contributed by atoms with E-state index in [0.29, 0.717) is 11.3 Å². The molecule has 1 aromatic rings. The number of ether oxygens (including phenoxy) is 1. The Morgan fingerprint density at radius 3 is 2.50 bits per heavy atom. The summed E-state index contributed by atoms with van der Waals surface area (Å²) in [7, 11) is 0. The van der Waals surface area contributed by atoms with E-state index in [-0.39, 0.29) is 18.5 Å². The molecule has 2 aliphatic carbocycles. The number of hydrogen-bond donors (Lipinski definition) is 1. The van der Waals surface area contributed by atoms with Crippen LogP contribution in [0.3, 0.4) is 0 Å². The summed E-state index contributed by atoms with van der Waals surface area (Å²) in [6, 6.07) is 4.49. The Morgan fingerprint density at radius 1 is 1.11 bits per heavy atom. The van der Waals surface area contributed by atoms with E-state index in [4.69, 9.17) is 9.84 Å². The smallest absolute Gasteiger partial charge is 0.127 e. The molecule has 18 heavy (non-hydrogen) atoms. The number of rotatable bonds is 3. The number of halogens is 1. The average molecular weight is 250 g/mol. The monoisotopic (exact) mass is 250 g/mol. The molecule has 0 spiro atoms. The van der Waals surface area contributed by atoms with Crippen molar-refractivity contribution < 1.29 is 14.2 Å². The molecule has 2 fully saturated rings. The van der Waals surface area contributed by atoms with Crippen molar-refractivity contribution in [2.24, 2.45) is 11.8 Å². The molecule has 2 nitrogen and oxygen atoms in total. The standard InChI is InChI=1S/C15H19FO2/c16-13-4-12(9-17)7-15(8-13)18-14-5-10-1-2-11(3-10)6-14/h4,7-8,10-11,14,17H,1-3,5-6,9H2/t10-,11+,14-. The topological polar surface area (TPSA) is 29.5 Å². The van der Waals surface area contributed by atoms with Gasteiger partial charge in [-0.3, -0.25) is 0 Å². The molecule has 3 rings (SSSR count). The van der Waals surface area contributed by atoms with Crippen LogP contribution in [0.15, 0.2) is 18.2 Å². The number of aliphatic hydroxyl groups excluding tert-OH is 1. The van der Waals surface area contributed by atoms with Gasteiger partial charge in [-0.2, -0.15) is 0 Å². The van der Waals surface area contributed by atoms with Gasteiger partial charge in [-0.15, -0.1) is 0 Å². The Morgan fingerprint density at radius 2 is 1.83 bits per heavy atom. The number of benzene rings is 1. The lowest BCUT2D eigenvalue weighted by atomic mass is 9.87. The first-order chi connectivity index (χ1) is 8.72. The summed E-state index contributed by atoms with van der Waals surface area (Å²) in [6.07, 6.45) is 6.43. The molecule has 2 aliphatic rings. The van der Waals surface area contributed by atoms with Crippen LogP contribution in [0.2, 0.25) is 0 Å². The zero-order valence-corrected chi connectivity index (χ0v) is 10.4. The van der Waals surface area contributed by atoms with Gasteiger partial charge in [0.25, 0.3) is 0 Å². The van der Waals surface area contributed by atoms with Crippen molar-refractivity contribution in [2.75, 3.05) is 0 Å². The molecule has 0 unspecified atom stereocenters. The van der Waals surface area contributed by atoms with E-state index in [0.717, 1.165) is 24.7 Å². The highest BCUT2D eigenvalue weighted by Crippen LogP contribution is 2.43. The third-order valence-corrected chi connectivity index (χ3v) is 4.26. The van der Waals surface area contributed by atoms with Crippen LogP contribution >= 0.6 is 0 Å². The Kier molecular flexibility index (Phi) is 3.25. The largest absolute Gasteiger partial charge is 0.490 e. The predicted molar refractivity (Wildman–Crippen MR) is 66.8 cm³/mol. The Bertz CT molecular complexity index is 421. The van der Waals surface area contributed by atoms with Gasteiger partial charge in [-0.05, 0) is 48.8 Å². The molecule has 1 aromatic carbocycles. The van der Waals surface area contributed by atoms with Crippen molar-refractivity contribution in [2.45, 2.75) is 44.8 Å². The minimum Gasteiger partial charge on any atom is -0.490 e. The van der Waals surface area contributed by atoms with E-state index >= 15 is 0 Å². The van der Waals surface area contributed by atoms with Crippen LogP contribution in [0.25, 0.3) is 0 Å². The molecule has 2 bridgehead atoms. The third kappa shape index (κ3) is 2.51. The molecule has 1 N–H and O–H groups in total. The summed E-state index contributed by atoms with van der Waals surface area (Å²) in [4.78, 5) is 0. The second kappa shape index (κ2) is 4.88. The zero-order valence-electron chi connectivity index (χ0n) is 10.4. The van der Waals surface area contributed by atoms with Crippen molar-refractivity contribution in [1.29, 1.82) is 0 Å². The molecule has 3 atom stereocenters. The van der Waals surface area contributed by atoms with E-state index < -0.39 is 0 Å². The third-order valence-electron chi connectivity index (χ3n) is 4.26. The zero-order chi connectivity index (χ0) is 12.5. The maximum atomic E-state index is 13.3. The fraction of sp³-hybridized carbons (Fsp3) is 0.600. The van der Waals surface area contributed by atoms with E-state index in [9.17, 15) is 4.39 Å². The molecule has 0 heterocycles. The summed E-state index contributed by atoms with van der Waals surface area (Å²) < 4.78 is 19.3. The number of hydrogen-bond acceptors (Lipinski definition) is 2. The van der Waals surface area contributed by atoms with Crippen molar-refractivity contribution in [3.8, 4) is 5.75 Å².